The van der Waals surface area contributed by atoms with E-state index in [0.29, 0.717) is 17.2 Å². The Morgan fingerprint density at radius 2 is 1.67 bits per heavy atom. The highest BCUT2D eigenvalue weighted by atomic mass is 16.1. The minimum absolute atomic E-state index is 0.105. The number of nitriles is 1. The van der Waals surface area contributed by atoms with Crippen molar-refractivity contribution in [2.45, 2.75) is 33.2 Å². The number of piperazine rings is 1. The van der Waals surface area contributed by atoms with Gasteiger partial charge in [-0.3, -0.25) is 9.69 Å². The number of carbonyl (C=O) groups is 1. The largest absolute Gasteiger partial charge is 0.369 e. The fraction of sp³-hybridized carbons (Fsp3) is 0.273. The molecule has 0 saturated carbocycles. The van der Waals surface area contributed by atoms with Crippen molar-refractivity contribution in [3.8, 4) is 17.2 Å². The zero-order valence-electron chi connectivity index (χ0n) is 22.9. The van der Waals surface area contributed by atoms with E-state index >= 15 is 0 Å². The molecule has 1 aromatic heterocycles. The van der Waals surface area contributed by atoms with E-state index in [9.17, 15) is 4.79 Å². The van der Waals surface area contributed by atoms with E-state index in [0.717, 1.165) is 66.5 Å². The molecule has 6 nitrogen and oxygen atoms in total. The maximum absolute atomic E-state index is 13.4. The normalized spacial score (nSPS) is 13.9. The first-order chi connectivity index (χ1) is 18.9. The summed E-state index contributed by atoms with van der Waals surface area (Å²) in [4.78, 5) is 21.3. The fourth-order valence-electron chi connectivity index (χ4n) is 5.23. The van der Waals surface area contributed by atoms with Crippen LogP contribution in [-0.2, 0) is 6.54 Å². The zero-order valence-corrected chi connectivity index (χ0v) is 22.9. The quantitative estimate of drug-likeness (QED) is 0.291. The van der Waals surface area contributed by atoms with Crippen LogP contribution in [0, 0.1) is 18.3 Å². The Hall–Kier alpha value is -4.34. The monoisotopic (exact) mass is 517 g/mol. The molecule has 3 aromatic carbocycles. The molecule has 2 heterocycles. The molecule has 0 unspecified atom stereocenters. The molecule has 0 spiro atoms. The van der Waals surface area contributed by atoms with Gasteiger partial charge in [0.25, 0.3) is 5.91 Å². The van der Waals surface area contributed by atoms with Crippen molar-refractivity contribution in [3.63, 3.8) is 0 Å². The Kier molecular flexibility index (Phi) is 7.81. The van der Waals surface area contributed by atoms with Crippen LogP contribution < -0.4 is 10.2 Å². The van der Waals surface area contributed by atoms with Gasteiger partial charge >= 0.3 is 0 Å². The van der Waals surface area contributed by atoms with Crippen molar-refractivity contribution in [1.82, 2.24) is 9.88 Å². The van der Waals surface area contributed by atoms with Crippen molar-refractivity contribution in [1.29, 1.82) is 5.26 Å². The second-order valence-corrected chi connectivity index (χ2v) is 10.5. The van der Waals surface area contributed by atoms with Gasteiger partial charge in [0.15, 0.2) is 0 Å². The number of aromatic nitrogens is 1. The minimum atomic E-state index is -0.105. The highest BCUT2D eigenvalue weighted by Gasteiger charge is 2.19. The van der Waals surface area contributed by atoms with Gasteiger partial charge in [-0.1, -0.05) is 50.2 Å². The molecule has 1 amide bonds. The van der Waals surface area contributed by atoms with Gasteiger partial charge < -0.3 is 15.2 Å². The van der Waals surface area contributed by atoms with E-state index < -0.39 is 0 Å². The first kappa shape index (κ1) is 26.3. The number of rotatable bonds is 7. The molecule has 6 heteroatoms. The van der Waals surface area contributed by atoms with Gasteiger partial charge in [0.1, 0.15) is 11.8 Å². The maximum Gasteiger partial charge on any atom is 0.256 e. The smallest absolute Gasteiger partial charge is 0.256 e. The molecule has 1 saturated heterocycles. The molecule has 1 fully saturated rings. The van der Waals surface area contributed by atoms with Crippen LogP contribution in [0.4, 0.5) is 11.4 Å². The number of hydrogen-bond donors (Lipinski definition) is 2. The Morgan fingerprint density at radius 3 is 2.31 bits per heavy atom. The molecule has 0 bridgehead atoms. The van der Waals surface area contributed by atoms with E-state index in [2.05, 4.69) is 89.4 Å². The molecular formula is C33H35N5O. The molecule has 2 N–H and O–H groups in total. The summed E-state index contributed by atoms with van der Waals surface area (Å²) in [6, 6.07) is 28.5. The number of aromatic amines is 1. The number of hydrogen-bond acceptors (Lipinski definition) is 4. The minimum Gasteiger partial charge on any atom is -0.369 e. The van der Waals surface area contributed by atoms with Crippen LogP contribution in [0.1, 0.15) is 52.6 Å². The lowest BCUT2D eigenvalue weighted by Gasteiger charge is -2.36. The highest BCUT2D eigenvalue weighted by Crippen LogP contribution is 2.30. The van der Waals surface area contributed by atoms with Gasteiger partial charge in [-0.2, -0.15) is 5.26 Å². The number of H-pyrrole nitrogens is 1. The predicted octanol–water partition coefficient (Wildman–Crippen LogP) is 6.56. The predicted molar refractivity (Wildman–Crippen MR) is 158 cm³/mol. The Labute approximate surface area is 230 Å². The summed E-state index contributed by atoms with van der Waals surface area (Å²) in [5, 5.41) is 12.1. The lowest BCUT2D eigenvalue weighted by atomic mass is 9.92. The van der Waals surface area contributed by atoms with Crippen molar-refractivity contribution >= 4 is 17.3 Å². The SMILES string of the molecule is Cc1cccc(C(=O)Nc2ccc(N3CCN(Cc4ccc(C#N)[nH]4)CC3)cc2)c1-c1ccc(C(C)C)cc1. The third-order valence-corrected chi connectivity index (χ3v) is 7.51. The number of carbonyl (C=O) groups excluding carboxylic acids is 1. The maximum atomic E-state index is 13.4. The van der Waals surface area contributed by atoms with Gasteiger partial charge in [0, 0.05) is 55.4 Å². The third kappa shape index (κ3) is 6.05. The van der Waals surface area contributed by atoms with Gasteiger partial charge in [-0.15, -0.1) is 0 Å². The summed E-state index contributed by atoms with van der Waals surface area (Å²) in [6.45, 7) is 11.0. The van der Waals surface area contributed by atoms with Crippen molar-refractivity contribution < 1.29 is 4.79 Å². The molecule has 39 heavy (non-hydrogen) atoms. The highest BCUT2D eigenvalue weighted by molar-refractivity contribution is 6.09. The number of nitrogens with zero attached hydrogens (tertiary/aromatic N) is 3. The van der Waals surface area contributed by atoms with Crippen molar-refractivity contribution in [2.24, 2.45) is 0 Å². The average molecular weight is 518 g/mol. The molecule has 4 aromatic rings. The lowest BCUT2D eigenvalue weighted by Crippen LogP contribution is -2.46. The van der Waals surface area contributed by atoms with Gasteiger partial charge in [-0.25, -0.2) is 0 Å². The first-order valence-electron chi connectivity index (χ1n) is 13.6. The van der Waals surface area contributed by atoms with E-state index in [1.165, 1.54) is 5.56 Å². The van der Waals surface area contributed by atoms with Gasteiger partial charge in [0.05, 0.1) is 0 Å². The fourth-order valence-corrected chi connectivity index (χ4v) is 5.23. The van der Waals surface area contributed by atoms with Crippen LogP contribution in [0.2, 0.25) is 0 Å². The standard InChI is InChI=1S/C33H35N5O/c1-23(2)25-7-9-26(10-8-25)32-24(3)5-4-6-31(32)33(39)36-27-13-15-30(16-14-27)38-19-17-37(18-20-38)22-29-12-11-28(21-34)35-29/h4-16,23,35H,17-20,22H2,1-3H3,(H,36,39). The van der Waals surface area contributed by atoms with Crippen LogP contribution in [0.15, 0.2) is 78.9 Å². The molecule has 1 aliphatic rings. The Morgan fingerprint density at radius 1 is 0.949 bits per heavy atom. The number of aryl methyl sites for hydroxylation is 1. The van der Waals surface area contributed by atoms with Crippen LogP contribution in [0.25, 0.3) is 11.1 Å². The molecule has 5 rings (SSSR count). The van der Waals surface area contributed by atoms with E-state index in [4.69, 9.17) is 5.26 Å². The molecular weight excluding hydrogens is 482 g/mol. The van der Waals surface area contributed by atoms with Crippen LogP contribution in [0.3, 0.4) is 0 Å². The molecule has 0 atom stereocenters. The number of amides is 1. The lowest BCUT2D eigenvalue weighted by molar-refractivity contribution is 0.102. The molecule has 0 aliphatic carbocycles. The first-order valence-corrected chi connectivity index (χ1v) is 13.6. The summed E-state index contributed by atoms with van der Waals surface area (Å²) >= 11 is 0. The summed E-state index contributed by atoms with van der Waals surface area (Å²) in [5.74, 6) is 0.362. The molecule has 1 aliphatic heterocycles. The summed E-state index contributed by atoms with van der Waals surface area (Å²) in [5.41, 5.74) is 8.69. The van der Waals surface area contributed by atoms with Crippen LogP contribution >= 0.6 is 0 Å². The number of anilines is 2. The van der Waals surface area contributed by atoms with Crippen molar-refractivity contribution in [2.75, 3.05) is 36.4 Å². The van der Waals surface area contributed by atoms with Gasteiger partial charge in [0.2, 0.25) is 0 Å². The topological polar surface area (TPSA) is 75.2 Å². The second kappa shape index (κ2) is 11.6. The van der Waals surface area contributed by atoms with E-state index in [1.54, 1.807) is 0 Å². The number of benzene rings is 3. The average Bonchev–Trinajstić information content (AvgIpc) is 3.41. The summed E-state index contributed by atoms with van der Waals surface area (Å²) in [7, 11) is 0. The summed E-state index contributed by atoms with van der Waals surface area (Å²) < 4.78 is 0. The summed E-state index contributed by atoms with van der Waals surface area (Å²) in [6.07, 6.45) is 0. The van der Waals surface area contributed by atoms with Crippen LogP contribution in [-0.4, -0.2) is 42.0 Å². The molecule has 198 valence electrons. The van der Waals surface area contributed by atoms with Gasteiger partial charge in [-0.05, 0) is 77.6 Å². The Bertz CT molecular complexity index is 1470. The zero-order chi connectivity index (χ0) is 27.4. The number of nitrogens with one attached hydrogen (secondary N) is 2. The van der Waals surface area contributed by atoms with Crippen LogP contribution in [0.5, 0.6) is 0 Å². The Balaban J connectivity index is 1.22. The third-order valence-electron chi connectivity index (χ3n) is 7.51. The van der Waals surface area contributed by atoms with E-state index in [1.807, 2.05) is 36.4 Å². The van der Waals surface area contributed by atoms with Crippen molar-refractivity contribution in [3.05, 3.63) is 107 Å². The molecule has 0 radical (unpaired) electrons. The van der Waals surface area contributed by atoms with E-state index in [-0.39, 0.29) is 5.91 Å². The second-order valence-electron chi connectivity index (χ2n) is 10.5.